The van der Waals surface area contributed by atoms with E-state index in [0.717, 1.165) is 22.3 Å². The highest BCUT2D eigenvalue weighted by Gasteiger charge is 2.14. The molecule has 0 spiro atoms. The Labute approximate surface area is 166 Å². The van der Waals surface area contributed by atoms with Crippen molar-refractivity contribution in [1.82, 2.24) is 0 Å². The smallest absolute Gasteiger partial charge is 0.0670 e. The summed E-state index contributed by atoms with van der Waals surface area (Å²) in [4.78, 5) is 2.96. The highest BCUT2D eigenvalue weighted by molar-refractivity contribution is 5.59. The molecule has 0 saturated heterocycles. The quantitative estimate of drug-likeness (QED) is 0.214. The topological polar surface area (TPSA) is 48.8 Å². The van der Waals surface area contributed by atoms with Crippen molar-refractivity contribution >= 4 is 6.08 Å². The van der Waals surface area contributed by atoms with Gasteiger partial charge in [0.15, 0.2) is 0 Å². The molecule has 0 amide bonds. The van der Waals surface area contributed by atoms with Gasteiger partial charge >= 0.3 is 0 Å². The van der Waals surface area contributed by atoms with Crippen molar-refractivity contribution in [3.05, 3.63) is 123 Å². The molecular weight excluding hydrogens is 342 g/mol. The van der Waals surface area contributed by atoms with Crippen LogP contribution in [-0.4, -0.2) is 6.54 Å². The number of aryl methyl sites for hydroxylation is 1. The molecule has 3 rings (SSSR count). The van der Waals surface area contributed by atoms with Crippen LogP contribution in [0.25, 0.3) is 16.5 Å². The van der Waals surface area contributed by atoms with Crippen molar-refractivity contribution < 1.29 is 0 Å². The molecule has 3 nitrogen and oxygen atoms in total. The largest absolute Gasteiger partial charge is 0.0896 e. The molecule has 1 atom stereocenters. The average Bonchev–Trinajstić information content (AvgIpc) is 2.75. The van der Waals surface area contributed by atoms with Gasteiger partial charge in [-0.05, 0) is 41.3 Å². The van der Waals surface area contributed by atoms with E-state index in [0.29, 0.717) is 0 Å². The first-order valence-corrected chi connectivity index (χ1v) is 9.16. The lowest BCUT2D eigenvalue weighted by molar-refractivity contribution is 0.961. The summed E-state index contributed by atoms with van der Waals surface area (Å²) in [5.74, 6) is 6.50. The first-order chi connectivity index (χ1) is 13.8. The van der Waals surface area contributed by atoms with Gasteiger partial charge in [0.1, 0.15) is 0 Å². The maximum Gasteiger partial charge on any atom is 0.0670 e. The van der Waals surface area contributed by atoms with Gasteiger partial charge in [0.25, 0.3) is 0 Å². The summed E-state index contributed by atoms with van der Waals surface area (Å²) in [6, 6.07) is 28.3. The minimum absolute atomic E-state index is 0.159. The molecule has 28 heavy (non-hydrogen) atoms. The van der Waals surface area contributed by atoms with Crippen LogP contribution in [0, 0.1) is 18.8 Å². The summed E-state index contributed by atoms with van der Waals surface area (Å²) in [7, 11) is 0. The van der Waals surface area contributed by atoms with Crippen molar-refractivity contribution in [3.63, 3.8) is 0 Å². The van der Waals surface area contributed by atoms with Gasteiger partial charge < -0.3 is 0 Å². The number of azide groups is 1. The number of hydrogen-bond acceptors (Lipinski definition) is 1. The Morgan fingerprint density at radius 1 is 0.964 bits per heavy atom. The Morgan fingerprint density at radius 3 is 2.25 bits per heavy atom. The van der Waals surface area contributed by atoms with Gasteiger partial charge in [-0.25, -0.2) is 0 Å². The van der Waals surface area contributed by atoms with Crippen molar-refractivity contribution in [3.8, 4) is 11.8 Å². The van der Waals surface area contributed by atoms with Crippen LogP contribution in [0.4, 0.5) is 0 Å². The standard InChI is InChI=1S/C25H21N3/c1-20-12-14-22(15-13-20)18-24(19-27-28-26)25(23-10-6-3-7-11-23)17-16-21-8-4-2-5-9-21/h2-15,18,25H,19H2,1H3/b24-18-. The zero-order chi connectivity index (χ0) is 19.6. The lowest BCUT2D eigenvalue weighted by atomic mass is 9.89. The zero-order valence-electron chi connectivity index (χ0n) is 15.8. The first-order valence-electron chi connectivity index (χ1n) is 9.16. The predicted octanol–water partition coefficient (Wildman–Crippen LogP) is 6.52. The molecule has 0 aromatic heterocycles. The third-order valence-electron chi connectivity index (χ3n) is 4.38. The van der Waals surface area contributed by atoms with E-state index in [1.165, 1.54) is 5.56 Å². The molecule has 0 aliphatic heterocycles. The molecule has 0 heterocycles. The molecule has 0 saturated carbocycles. The normalized spacial score (nSPS) is 11.7. The maximum absolute atomic E-state index is 8.87. The van der Waals surface area contributed by atoms with Gasteiger partial charge in [0.05, 0.1) is 5.92 Å². The van der Waals surface area contributed by atoms with E-state index in [-0.39, 0.29) is 12.5 Å². The molecule has 136 valence electrons. The van der Waals surface area contributed by atoms with Crippen LogP contribution in [0.1, 0.15) is 28.2 Å². The molecule has 3 aromatic rings. The molecule has 0 radical (unpaired) electrons. The van der Waals surface area contributed by atoms with Crippen LogP contribution in [0.2, 0.25) is 0 Å². The third kappa shape index (κ3) is 5.38. The number of benzene rings is 3. The van der Waals surface area contributed by atoms with Crippen LogP contribution in [0.3, 0.4) is 0 Å². The fourth-order valence-corrected chi connectivity index (χ4v) is 2.92. The molecule has 3 aromatic carbocycles. The van der Waals surface area contributed by atoms with E-state index in [2.05, 4.69) is 71.3 Å². The number of nitrogens with zero attached hydrogens (tertiary/aromatic N) is 3. The van der Waals surface area contributed by atoms with Gasteiger partial charge in [-0.1, -0.05) is 101 Å². The summed E-state index contributed by atoms with van der Waals surface area (Å²) in [5.41, 5.74) is 14.2. The van der Waals surface area contributed by atoms with E-state index < -0.39 is 0 Å². The molecule has 1 unspecified atom stereocenters. The van der Waals surface area contributed by atoms with E-state index in [9.17, 15) is 0 Å². The van der Waals surface area contributed by atoms with Crippen LogP contribution in [-0.2, 0) is 0 Å². The van der Waals surface area contributed by atoms with E-state index >= 15 is 0 Å². The minimum atomic E-state index is -0.159. The van der Waals surface area contributed by atoms with Gasteiger partial charge in [-0.15, -0.1) is 0 Å². The highest BCUT2D eigenvalue weighted by atomic mass is 15.1. The van der Waals surface area contributed by atoms with Crippen LogP contribution in [0.5, 0.6) is 0 Å². The van der Waals surface area contributed by atoms with E-state index in [4.69, 9.17) is 5.53 Å². The molecule has 0 aliphatic rings. The second-order valence-electron chi connectivity index (χ2n) is 6.50. The maximum atomic E-state index is 8.87. The third-order valence-corrected chi connectivity index (χ3v) is 4.38. The fraction of sp³-hybridized carbons (Fsp3) is 0.120. The lowest BCUT2D eigenvalue weighted by Crippen LogP contribution is -2.03. The summed E-state index contributed by atoms with van der Waals surface area (Å²) < 4.78 is 0. The SMILES string of the molecule is Cc1ccc(/C=C(/CN=[N+]=[N-])C(C#Cc2ccccc2)c2ccccc2)cc1. The summed E-state index contributed by atoms with van der Waals surface area (Å²) >= 11 is 0. The Kier molecular flexibility index (Phi) is 6.68. The average molecular weight is 363 g/mol. The van der Waals surface area contributed by atoms with Crippen molar-refractivity contribution in [2.45, 2.75) is 12.8 Å². The van der Waals surface area contributed by atoms with Gasteiger partial charge in [0.2, 0.25) is 0 Å². The lowest BCUT2D eigenvalue weighted by Gasteiger charge is -2.15. The van der Waals surface area contributed by atoms with Gasteiger partial charge in [0, 0.05) is 17.0 Å². The monoisotopic (exact) mass is 363 g/mol. The van der Waals surface area contributed by atoms with Crippen LogP contribution >= 0.6 is 0 Å². The van der Waals surface area contributed by atoms with Crippen molar-refractivity contribution in [2.75, 3.05) is 6.54 Å². The number of rotatable bonds is 5. The molecule has 0 N–H and O–H groups in total. The highest BCUT2D eigenvalue weighted by Crippen LogP contribution is 2.26. The predicted molar refractivity (Wildman–Crippen MR) is 116 cm³/mol. The summed E-state index contributed by atoms with van der Waals surface area (Å²) in [6.45, 7) is 2.33. The van der Waals surface area contributed by atoms with Crippen LogP contribution < -0.4 is 0 Å². The molecule has 0 bridgehead atoms. The summed E-state index contributed by atoms with van der Waals surface area (Å²) in [6.07, 6.45) is 2.07. The first kappa shape index (κ1) is 19.0. The molecular formula is C25H21N3. The van der Waals surface area contributed by atoms with Crippen molar-refractivity contribution in [2.24, 2.45) is 5.11 Å². The summed E-state index contributed by atoms with van der Waals surface area (Å²) in [5, 5.41) is 3.83. The van der Waals surface area contributed by atoms with Crippen LogP contribution in [0.15, 0.2) is 95.6 Å². The Bertz CT molecular complexity index is 1030. The molecule has 0 fully saturated rings. The fourth-order valence-electron chi connectivity index (χ4n) is 2.92. The van der Waals surface area contributed by atoms with Gasteiger partial charge in [-0.3, -0.25) is 0 Å². The second-order valence-corrected chi connectivity index (χ2v) is 6.50. The molecule has 3 heteroatoms. The molecule has 0 aliphatic carbocycles. The Morgan fingerprint density at radius 2 is 1.61 bits per heavy atom. The number of hydrogen-bond donors (Lipinski definition) is 0. The van der Waals surface area contributed by atoms with Crippen molar-refractivity contribution in [1.29, 1.82) is 0 Å². The van der Waals surface area contributed by atoms with E-state index in [1.807, 2.05) is 48.5 Å². The Hall–Kier alpha value is -3.73. The Balaban J connectivity index is 2.07. The van der Waals surface area contributed by atoms with Gasteiger partial charge in [-0.2, -0.15) is 0 Å². The second kappa shape index (κ2) is 9.83. The zero-order valence-corrected chi connectivity index (χ0v) is 15.8. The minimum Gasteiger partial charge on any atom is -0.0896 e. The van der Waals surface area contributed by atoms with E-state index in [1.54, 1.807) is 0 Å².